The number of ether oxygens (including phenoxy) is 1. The van der Waals surface area contributed by atoms with Crippen molar-refractivity contribution in [3.63, 3.8) is 0 Å². The lowest BCUT2D eigenvalue weighted by atomic mass is 10.1. The zero-order valence-corrected chi connectivity index (χ0v) is 9.56. The van der Waals surface area contributed by atoms with E-state index < -0.39 is 0 Å². The van der Waals surface area contributed by atoms with E-state index in [0.717, 1.165) is 26.2 Å². The monoisotopic (exact) mass is 204 g/mol. The largest absolute Gasteiger partial charge is 0.393 e. The molecule has 4 heteroatoms. The third kappa shape index (κ3) is 5.96. The SMILES string of the molecule is CCN(CCOC)CC(C)C(N)=S. The van der Waals surface area contributed by atoms with E-state index in [1.54, 1.807) is 7.11 Å². The molecule has 1 atom stereocenters. The van der Waals surface area contributed by atoms with E-state index in [1.807, 2.05) is 0 Å². The Morgan fingerprint density at radius 3 is 2.62 bits per heavy atom. The Kier molecular flexibility index (Phi) is 7.13. The molecule has 0 aliphatic heterocycles. The standard InChI is InChI=1S/C9H20N2OS/c1-4-11(5-6-12-3)7-8(2)9(10)13/h8H,4-7H2,1-3H3,(H2,10,13). The first kappa shape index (κ1) is 12.8. The van der Waals surface area contributed by atoms with Gasteiger partial charge in [-0.05, 0) is 6.54 Å². The molecule has 0 fully saturated rings. The van der Waals surface area contributed by atoms with Gasteiger partial charge in [0.15, 0.2) is 0 Å². The molecule has 2 N–H and O–H groups in total. The van der Waals surface area contributed by atoms with Crippen LogP contribution in [-0.4, -0.2) is 43.2 Å². The van der Waals surface area contributed by atoms with Crippen molar-refractivity contribution in [3.05, 3.63) is 0 Å². The van der Waals surface area contributed by atoms with Crippen LogP contribution in [0.4, 0.5) is 0 Å². The number of thiocarbonyl (C=S) groups is 1. The summed E-state index contributed by atoms with van der Waals surface area (Å²) in [5.74, 6) is 0.284. The third-order valence-corrected chi connectivity index (χ3v) is 2.48. The molecule has 0 aromatic rings. The van der Waals surface area contributed by atoms with Gasteiger partial charge in [-0.15, -0.1) is 0 Å². The van der Waals surface area contributed by atoms with Crippen LogP contribution in [0.2, 0.25) is 0 Å². The van der Waals surface area contributed by atoms with Crippen molar-refractivity contribution >= 4 is 17.2 Å². The Balaban J connectivity index is 3.75. The van der Waals surface area contributed by atoms with Gasteiger partial charge in [0, 0.05) is 26.1 Å². The summed E-state index contributed by atoms with van der Waals surface area (Å²) < 4.78 is 5.01. The summed E-state index contributed by atoms with van der Waals surface area (Å²) in [5.41, 5.74) is 5.54. The van der Waals surface area contributed by atoms with Gasteiger partial charge in [0.1, 0.15) is 0 Å². The molecular weight excluding hydrogens is 184 g/mol. The smallest absolute Gasteiger partial charge is 0.0768 e. The minimum absolute atomic E-state index is 0.284. The predicted molar refractivity (Wildman–Crippen MR) is 59.9 cm³/mol. The molecule has 0 aromatic heterocycles. The van der Waals surface area contributed by atoms with E-state index in [-0.39, 0.29) is 5.92 Å². The quantitative estimate of drug-likeness (QED) is 0.625. The van der Waals surface area contributed by atoms with E-state index in [2.05, 4.69) is 18.7 Å². The van der Waals surface area contributed by atoms with Crippen LogP contribution in [0, 0.1) is 5.92 Å². The van der Waals surface area contributed by atoms with Gasteiger partial charge in [-0.1, -0.05) is 26.1 Å². The van der Waals surface area contributed by atoms with Crippen LogP contribution in [0.25, 0.3) is 0 Å². The molecule has 0 aromatic carbocycles. The highest BCUT2D eigenvalue weighted by atomic mass is 32.1. The fraction of sp³-hybridized carbons (Fsp3) is 0.889. The van der Waals surface area contributed by atoms with E-state index in [1.165, 1.54) is 0 Å². The Labute approximate surface area is 86.2 Å². The molecule has 0 amide bonds. The number of rotatable bonds is 7. The van der Waals surface area contributed by atoms with Gasteiger partial charge in [0.05, 0.1) is 11.6 Å². The second kappa shape index (κ2) is 7.24. The molecule has 0 aliphatic rings. The van der Waals surface area contributed by atoms with Crippen molar-refractivity contribution in [1.29, 1.82) is 0 Å². The van der Waals surface area contributed by atoms with E-state index in [4.69, 9.17) is 22.7 Å². The molecule has 78 valence electrons. The Hall–Kier alpha value is -0.190. The van der Waals surface area contributed by atoms with E-state index >= 15 is 0 Å². The number of methoxy groups -OCH3 is 1. The van der Waals surface area contributed by atoms with Crippen LogP contribution in [-0.2, 0) is 4.74 Å². The van der Waals surface area contributed by atoms with Crippen LogP contribution in [0.5, 0.6) is 0 Å². The maximum Gasteiger partial charge on any atom is 0.0768 e. The third-order valence-electron chi connectivity index (χ3n) is 2.08. The number of nitrogens with two attached hydrogens (primary N) is 1. The van der Waals surface area contributed by atoms with Gasteiger partial charge in [0.25, 0.3) is 0 Å². The Morgan fingerprint density at radius 2 is 2.23 bits per heavy atom. The first-order chi connectivity index (χ1) is 6.11. The van der Waals surface area contributed by atoms with E-state index in [0.29, 0.717) is 4.99 Å². The molecule has 0 bridgehead atoms. The highest BCUT2D eigenvalue weighted by molar-refractivity contribution is 7.80. The topological polar surface area (TPSA) is 38.5 Å². The zero-order valence-electron chi connectivity index (χ0n) is 8.75. The van der Waals surface area contributed by atoms with Gasteiger partial charge in [-0.25, -0.2) is 0 Å². The van der Waals surface area contributed by atoms with Gasteiger partial charge in [-0.3, -0.25) is 0 Å². The Morgan fingerprint density at radius 1 is 1.62 bits per heavy atom. The molecule has 0 saturated carbocycles. The second-order valence-electron chi connectivity index (χ2n) is 3.19. The summed E-state index contributed by atoms with van der Waals surface area (Å²) in [6, 6.07) is 0. The fourth-order valence-electron chi connectivity index (χ4n) is 1.08. The van der Waals surface area contributed by atoms with Gasteiger partial charge in [0.2, 0.25) is 0 Å². The normalized spacial score (nSPS) is 13.2. The second-order valence-corrected chi connectivity index (χ2v) is 3.66. The molecule has 0 heterocycles. The van der Waals surface area contributed by atoms with Crippen LogP contribution >= 0.6 is 12.2 Å². The maximum absolute atomic E-state index is 5.54. The molecule has 13 heavy (non-hydrogen) atoms. The van der Waals surface area contributed by atoms with Gasteiger partial charge >= 0.3 is 0 Å². The van der Waals surface area contributed by atoms with Crippen LogP contribution in [0.15, 0.2) is 0 Å². The minimum atomic E-state index is 0.284. The number of hydrogen-bond donors (Lipinski definition) is 1. The summed E-state index contributed by atoms with van der Waals surface area (Å²) in [5, 5.41) is 0. The molecule has 0 rings (SSSR count). The minimum Gasteiger partial charge on any atom is -0.393 e. The first-order valence-corrected chi connectivity index (χ1v) is 5.03. The first-order valence-electron chi connectivity index (χ1n) is 4.62. The van der Waals surface area contributed by atoms with Crippen LogP contribution in [0.1, 0.15) is 13.8 Å². The summed E-state index contributed by atoms with van der Waals surface area (Å²) in [6.45, 7) is 7.82. The zero-order chi connectivity index (χ0) is 10.3. The van der Waals surface area contributed by atoms with Crippen molar-refractivity contribution in [2.45, 2.75) is 13.8 Å². The summed E-state index contributed by atoms with van der Waals surface area (Å²) >= 11 is 4.92. The molecule has 0 aliphatic carbocycles. The number of nitrogens with zero attached hydrogens (tertiary/aromatic N) is 1. The average Bonchev–Trinajstić information content (AvgIpc) is 2.11. The lowest BCUT2D eigenvalue weighted by Gasteiger charge is -2.23. The summed E-state index contributed by atoms with van der Waals surface area (Å²) in [6.07, 6.45) is 0. The molecule has 3 nitrogen and oxygen atoms in total. The summed E-state index contributed by atoms with van der Waals surface area (Å²) in [7, 11) is 1.71. The molecule has 0 spiro atoms. The highest BCUT2D eigenvalue weighted by Gasteiger charge is 2.09. The van der Waals surface area contributed by atoms with Crippen molar-refractivity contribution < 1.29 is 4.74 Å². The molecule has 1 unspecified atom stereocenters. The average molecular weight is 204 g/mol. The van der Waals surface area contributed by atoms with Crippen molar-refractivity contribution in [2.75, 3.05) is 33.4 Å². The van der Waals surface area contributed by atoms with Crippen LogP contribution in [0.3, 0.4) is 0 Å². The fourth-order valence-corrected chi connectivity index (χ4v) is 1.15. The molecule has 0 saturated heterocycles. The number of hydrogen-bond acceptors (Lipinski definition) is 3. The lowest BCUT2D eigenvalue weighted by molar-refractivity contribution is 0.147. The van der Waals surface area contributed by atoms with Crippen LogP contribution < -0.4 is 5.73 Å². The van der Waals surface area contributed by atoms with Gasteiger partial charge in [-0.2, -0.15) is 0 Å². The Bertz CT molecular complexity index is 153. The lowest BCUT2D eigenvalue weighted by Crippen LogP contribution is -2.35. The van der Waals surface area contributed by atoms with E-state index in [9.17, 15) is 0 Å². The number of likely N-dealkylation sites (N-methyl/N-ethyl adjacent to an activating group) is 1. The van der Waals surface area contributed by atoms with Gasteiger partial charge < -0.3 is 15.4 Å². The predicted octanol–water partition coefficient (Wildman–Crippen LogP) is 0.877. The molecular formula is C9H20N2OS. The van der Waals surface area contributed by atoms with Crippen molar-refractivity contribution in [1.82, 2.24) is 4.90 Å². The van der Waals surface area contributed by atoms with Crippen molar-refractivity contribution in [3.8, 4) is 0 Å². The molecule has 0 radical (unpaired) electrons. The highest BCUT2D eigenvalue weighted by Crippen LogP contribution is 1.99. The van der Waals surface area contributed by atoms with Crippen molar-refractivity contribution in [2.24, 2.45) is 11.7 Å². The summed E-state index contributed by atoms with van der Waals surface area (Å²) in [4.78, 5) is 2.88. The maximum atomic E-state index is 5.54.